The summed E-state index contributed by atoms with van der Waals surface area (Å²) >= 11 is 0. The fraction of sp³-hybridized carbons (Fsp3) is 0.500. The van der Waals surface area contributed by atoms with E-state index in [1.165, 1.54) is 7.11 Å². The van der Waals surface area contributed by atoms with Gasteiger partial charge < -0.3 is 20.1 Å². The molecule has 1 unspecified atom stereocenters. The summed E-state index contributed by atoms with van der Waals surface area (Å²) in [6.45, 7) is 3.76. The van der Waals surface area contributed by atoms with Gasteiger partial charge in [-0.05, 0) is 36.6 Å². The number of aliphatic hydroxyl groups excluding tert-OH is 1. The number of rotatable bonds is 3. The summed E-state index contributed by atoms with van der Waals surface area (Å²) in [4.78, 5) is 13.4. The van der Waals surface area contributed by atoms with Gasteiger partial charge in [-0.25, -0.2) is 4.79 Å². The van der Waals surface area contributed by atoms with E-state index in [2.05, 4.69) is 21.0 Å². The van der Waals surface area contributed by atoms with Gasteiger partial charge in [-0.1, -0.05) is 6.07 Å². The second-order valence-electron chi connectivity index (χ2n) is 4.84. The molecule has 1 fully saturated rings. The summed E-state index contributed by atoms with van der Waals surface area (Å²) in [5.41, 5.74) is 3.17. The minimum atomic E-state index is -0.376. The maximum atomic E-state index is 11.2. The lowest BCUT2D eigenvalue weighted by Gasteiger charge is -2.20. The van der Waals surface area contributed by atoms with E-state index >= 15 is 0 Å². The third kappa shape index (κ3) is 3.17. The van der Waals surface area contributed by atoms with Crippen molar-refractivity contribution in [1.29, 1.82) is 0 Å². The molecule has 1 amide bonds. The molecule has 1 aliphatic heterocycles. The van der Waals surface area contributed by atoms with Gasteiger partial charge in [0.15, 0.2) is 0 Å². The van der Waals surface area contributed by atoms with Gasteiger partial charge in [0.2, 0.25) is 0 Å². The molecule has 1 saturated heterocycles. The Morgan fingerprint density at radius 1 is 1.58 bits per heavy atom. The summed E-state index contributed by atoms with van der Waals surface area (Å²) in [6, 6.07) is 6.17. The van der Waals surface area contributed by atoms with Crippen molar-refractivity contribution in [3.63, 3.8) is 0 Å². The molecule has 2 rings (SSSR count). The first-order valence-electron chi connectivity index (χ1n) is 6.44. The Bertz CT molecular complexity index is 462. The number of amides is 1. The molecule has 1 atom stereocenters. The minimum Gasteiger partial charge on any atom is -0.453 e. The van der Waals surface area contributed by atoms with Gasteiger partial charge in [0, 0.05) is 18.8 Å². The van der Waals surface area contributed by atoms with Crippen molar-refractivity contribution in [2.75, 3.05) is 25.1 Å². The molecule has 0 aliphatic carbocycles. The van der Waals surface area contributed by atoms with Gasteiger partial charge in [0.1, 0.15) is 0 Å². The van der Waals surface area contributed by atoms with Gasteiger partial charge in [0.25, 0.3) is 0 Å². The SMILES string of the molecule is COC(=O)NC1CCN(c2ccc(CO)c(C)c2)C1. The molecule has 1 aromatic carbocycles. The van der Waals surface area contributed by atoms with E-state index < -0.39 is 0 Å². The molecule has 0 aromatic heterocycles. The average molecular weight is 264 g/mol. The molecule has 19 heavy (non-hydrogen) atoms. The maximum absolute atomic E-state index is 11.2. The number of aryl methyl sites for hydroxylation is 1. The van der Waals surface area contributed by atoms with Crippen LogP contribution in [0.5, 0.6) is 0 Å². The zero-order chi connectivity index (χ0) is 13.8. The maximum Gasteiger partial charge on any atom is 0.407 e. The van der Waals surface area contributed by atoms with Crippen LogP contribution in [-0.4, -0.2) is 37.4 Å². The van der Waals surface area contributed by atoms with Gasteiger partial charge in [-0.2, -0.15) is 0 Å². The number of nitrogens with zero attached hydrogens (tertiary/aromatic N) is 1. The van der Waals surface area contributed by atoms with Crippen molar-refractivity contribution in [3.8, 4) is 0 Å². The summed E-state index contributed by atoms with van der Waals surface area (Å²) in [5, 5.41) is 12.0. The number of nitrogens with one attached hydrogen (secondary N) is 1. The first-order chi connectivity index (χ1) is 9.13. The second kappa shape index (κ2) is 5.93. The van der Waals surface area contributed by atoms with Crippen molar-refractivity contribution in [1.82, 2.24) is 5.32 Å². The molecule has 0 spiro atoms. The zero-order valence-electron chi connectivity index (χ0n) is 11.3. The molecular formula is C14H20N2O3. The normalized spacial score (nSPS) is 18.5. The highest BCUT2D eigenvalue weighted by Crippen LogP contribution is 2.23. The molecule has 0 radical (unpaired) electrons. The lowest BCUT2D eigenvalue weighted by Crippen LogP contribution is -2.36. The fourth-order valence-electron chi connectivity index (χ4n) is 2.39. The Kier molecular flexibility index (Phi) is 4.27. The highest BCUT2D eigenvalue weighted by atomic mass is 16.5. The second-order valence-corrected chi connectivity index (χ2v) is 4.84. The van der Waals surface area contributed by atoms with Crippen LogP contribution in [-0.2, 0) is 11.3 Å². The van der Waals surface area contributed by atoms with E-state index in [1.54, 1.807) is 0 Å². The molecule has 2 N–H and O–H groups in total. The van der Waals surface area contributed by atoms with Crippen LogP contribution in [0.1, 0.15) is 17.5 Å². The van der Waals surface area contributed by atoms with Crippen molar-refractivity contribution >= 4 is 11.8 Å². The predicted molar refractivity (Wildman–Crippen MR) is 73.3 cm³/mol. The van der Waals surface area contributed by atoms with Crippen LogP contribution >= 0.6 is 0 Å². The smallest absolute Gasteiger partial charge is 0.407 e. The highest BCUT2D eigenvalue weighted by molar-refractivity contribution is 5.67. The number of anilines is 1. The summed E-state index contributed by atoms with van der Waals surface area (Å²) in [5.74, 6) is 0. The van der Waals surface area contributed by atoms with Crippen molar-refractivity contribution in [2.45, 2.75) is 26.0 Å². The summed E-state index contributed by atoms with van der Waals surface area (Å²) in [6.07, 6.45) is 0.536. The van der Waals surface area contributed by atoms with Gasteiger partial charge in [0.05, 0.1) is 19.8 Å². The first-order valence-corrected chi connectivity index (χ1v) is 6.44. The number of aliphatic hydroxyl groups is 1. The molecule has 0 saturated carbocycles. The van der Waals surface area contributed by atoms with Crippen molar-refractivity contribution < 1.29 is 14.6 Å². The molecule has 0 bridgehead atoms. The number of hydrogen-bond donors (Lipinski definition) is 2. The third-order valence-corrected chi connectivity index (χ3v) is 3.56. The number of benzene rings is 1. The van der Waals surface area contributed by atoms with Gasteiger partial charge in [-0.3, -0.25) is 0 Å². The minimum absolute atomic E-state index is 0.0681. The lowest BCUT2D eigenvalue weighted by molar-refractivity contribution is 0.167. The largest absolute Gasteiger partial charge is 0.453 e. The van der Waals surface area contributed by atoms with E-state index in [-0.39, 0.29) is 18.7 Å². The van der Waals surface area contributed by atoms with Crippen molar-refractivity contribution in [2.24, 2.45) is 0 Å². The molecule has 1 heterocycles. The van der Waals surface area contributed by atoms with E-state index in [0.717, 1.165) is 36.3 Å². The molecule has 5 nitrogen and oxygen atoms in total. The first kappa shape index (κ1) is 13.7. The van der Waals surface area contributed by atoms with E-state index in [0.29, 0.717) is 0 Å². The summed E-state index contributed by atoms with van der Waals surface area (Å²) in [7, 11) is 1.37. The number of carbonyl (C=O) groups is 1. The Balaban J connectivity index is 2.00. The van der Waals surface area contributed by atoms with Crippen molar-refractivity contribution in [3.05, 3.63) is 29.3 Å². The number of carbonyl (C=O) groups excluding carboxylic acids is 1. The lowest BCUT2D eigenvalue weighted by atomic mass is 10.1. The number of ether oxygens (including phenoxy) is 1. The fourth-order valence-corrected chi connectivity index (χ4v) is 2.39. The molecule has 1 aliphatic rings. The standard InChI is InChI=1S/C14H20N2O3/c1-10-7-13(4-3-11(10)9-17)16-6-5-12(8-16)15-14(18)19-2/h3-4,7,12,17H,5-6,8-9H2,1-2H3,(H,15,18). The molecule has 104 valence electrons. The van der Waals surface area contributed by atoms with Crippen LogP contribution in [0.15, 0.2) is 18.2 Å². The predicted octanol–water partition coefficient (Wildman–Crippen LogP) is 1.42. The Morgan fingerprint density at radius 2 is 2.37 bits per heavy atom. The van der Waals surface area contributed by atoms with Crippen LogP contribution in [0.4, 0.5) is 10.5 Å². The zero-order valence-corrected chi connectivity index (χ0v) is 11.3. The number of hydrogen-bond acceptors (Lipinski definition) is 4. The Morgan fingerprint density at radius 3 is 3.00 bits per heavy atom. The monoisotopic (exact) mass is 264 g/mol. The average Bonchev–Trinajstić information content (AvgIpc) is 2.87. The number of alkyl carbamates (subject to hydrolysis) is 1. The van der Waals surface area contributed by atoms with Crippen LogP contribution in [0.25, 0.3) is 0 Å². The highest BCUT2D eigenvalue weighted by Gasteiger charge is 2.24. The topological polar surface area (TPSA) is 61.8 Å². The van der Waals surface area contributed by atoms with E-state index in [4.69, 9.17) is 5.11 Å². The molecule has 5 heteroatoms. The van der Waals surface area contributed by atoms with Crippen LogP contribution in [0.2, 0.25) is 0 Å². The Labute approximate surface area is 113 Å². The van der Waals surface area contributed by atoms with E-state index in [9.17, 15) is 4.79 Å². The van der Waals surface area contributed by atoms with Gasteiger partial charge in [-0.15, -0.1) is 0 Å². The Hall–Kier alpha value is -1.75. The van der Waals surface area contributed by atoms with Crippen LogP contribution < -0.4 is 10.2 Å². The molecule has 1 aromatic rings. The quantitative estimate of drug-likeness (QED) is 0.867. The van der Waals surface area contributed by atoms with Crippen LogP contribution in [0.3, 0.4) is 0 Å². The van der Waals surface area contributed by atoms with Crippen LogP contribution in [0, 0.1) is 6.92 Å². The third-order valence-electron chi connectivity index (χ3n) is 3.56. The van der Waals surface area contributed by atoms with Gasteiger partial charge >= 0.3 is 6.09 Å². The van der Waals surface area contributed by atoms with E-state index in [1.807, 2.05) is 19.1 Å². The summed E-state index contributed by atoms with van der Waals surface area (Å²) < 4.78 is 4.61. The molecular weight excluding hydrogens is 244 g/mol. The number of methoxy groups -OCH3 is 1.